The Morgan fingerprint density at radius 3 is 2.56 bits per heavy atom. The Hall–Kier alpha value is -2.00. The van der Waals surface area contributed by atoms with Crippen LogP contribution >= 0.6 is 24.0 Å². The average molecular weight is 381 g/mol. The third-order valence-electron chi connectivity index (χ3n) is 4.31. The number of ether oxygens (including phenoxy) is 1. The van der Waals surface area contributed by atoms with E-state index in [9.17, 15) is 14.7 Å². The van der Waals surface area contributed by atoms with Crippen LogP contribution in [-0.2, 0) is 9.59 Å². The molecule has 7 nitrogen and oxygen atoms in total. The van der Waals surface area contributed by atoms with Crippen LogP contribution in [0.5, 0.6) is 5.75 Å². The molecule has 2 aliphatic rings. The molecular formula is C16H19N3O4S2. The van der Waals surface area contributed by atoms with E-state index in [1.165, 1.54) is 16.7 Å². The summed E-state index contributed by atoms with van der Waals surface area (Å²) in [5.41, 5.74) is 0.768. The number of hydrogen-bond donors (Lipinski definition) is 3. The molecule has 0 spiro atoms. The quantitative estimate of drug-likeness (QED) is 0.534. The fourth-order valence-corrected chi connectivity index (χ4v) is 5.00. The van der Waals surface area contributed by atoms with Crippen LogP contribution in [0, 0.1) is 0 Å². The van der Waals surface area contributed by atoms with Crippen molar-refractivity contribution in [2.75, 3.05) is 12.4 Å². The number of carbonyl (C=O) groups excluding carboxylic acids is 1. The molecule has 2 heterocycles. The summed E-state index contributed by atoms with van der Waals surface area (Å²) in [4.78, 5) is 25.3. The zero-order valence-corrected chi connectivity index (χ0v) is 15.6. The second kappa shape index (κ2) is 6.38. The van der Waals surface area contributed by atoms with E-state index in [1.807, 2.05) is 26.0 Å². The third-order valence-corrected chi connectivity index (χ3v) is 6.10. The van der Waals surface area contributed by atoms with E-state index in [0.29, 0.717) is 5.11 Å². The fourth-order valence-electron chi connectivity index (χ4n) is 3.13. The lowest BCUT2D eigenvalue weighted by molar-refractivity contribution is -0.159. The van der Waals surface area contributed by atoms with Crippen molar-refractivity contribution in [3.05, 3.63) is 24.3 Å². The maximum Gasteiger partial charge on any atom is 0.327 e. The second-order valence-corrected chi connectivity index (χ2v) is 8.58. The van der Waals surface area contributed by atoms with Crippen LogP contribution in [0.15, 0.2) is 24.3 Å². The molecule has 0 aromatic heterocycles. The Morgan fingerprint density at radius 2 is 2.00 bits per heavy atom. The Labute approximate surface area is 155 Å². The maximum atomic E-state index is 12.4. The van der Waals surface area contributed by atoms with E-state index in [0.717, 1.165) is 11.4 Å². The molecule has 1 aromatic rings. The molecule has 25 heavy (non-hydrogen) atoms. The highest BCUT2D eigenvalue weighted by Gasteiger charge is 2.64. The Balaban J connectivity index is 1.63. The van der Waals surface area contributed by atoms with Gasteiger partial charge >= 0.3 is 5.97 Å². The van der Waals surface area contributed by atoms with Gasteiger partial charge in [0.05, 0.1) is 7.11 Å². The first-order valence-corrected chi connectivity index (χ1v) is 8.98. The highest BCUT2D eigenvalue weighted by Crippen LogP contribution is 2.50. The lowest BCUT2D eigenvalue weighted by Crippen LogP contribution is -2.70. The van der Waals surface area contributed by atoms with Crippen LogP contribution in [0.4, 0.5) is 5.69 Å². The number of benzene rings is 1. The number of methoxy groups -OCH3 is 1. The number of nitrogens with one attached hydrogen (secondary N) is 2. The van der Waals surface area contributed by atoms with Gasteiger partial charge < -0.3 is 25.4 Å². The van der Waals surface area contributed by atoms with Crippen LogP contribution in [0.1, 0.15) is 13.8 Å². The minimum Gasteiger partial charge on any atom is -0.497 e. The number of β-lactam (4-membered cyclic amide) rings is 1. The number of amides is 1. The van der Waals surface area contributed by atoms with Crippen LogP contribution in [-0.4, -0.2) is 56.3 Å². The highest BCUT2D eigenvalue weighted by atomic mass is 32.2. The molecule has 0 bridgehead atoms. The highest BCUT2D eigenvalue weighted by molar-refractivity contribution is 8.01. The molecule has 1 amide bonds. The molecular weight excluding hydrogens is 362 g/mol. The Morgan fingerprint density at radius 1 is 1.36 bits per heavy atom. The average Bonchev–Trinajstić information content (AvgIpc) is 2.81. The first-order valence-electron chi connectivity index (χ1n) is 7.69. The van der Waals surface area contributed by atoms with Gasteiger partial charge in [0, 0.05) is 10.4 Å². The molecule has 0 aliphatic carbocycles. The summed E-state index contributed by atoms with van der Waals surface area (Å²) in [6.45, 7) is 3.68. The predicted molar refractivity (Wildman–Crippen MR) is 99.9 cm³/mol. The monoisotopic (exact) mass is 381 g/mol. The van der Waals surface area contributed by atoms with Gasteiger partial charge in [-0.3, -0.25) is 4.79 Å². The molecule has 0 radical (unpaired) electrons. The van der Waals surface area contributed by atoms with Gasteiger partial charge in [-0.15, -0.1) is 11.8 Å². The number of nitrogens with zero attached hydrogens (tertiary/aromatic N) is 1. The zero-order chi connectivity index (χ0) is 18.4. The van der Waals surface area contributed by atoms with E-state index in [4.69, 9.17) is 17.0 Å². The number of rotatable bonds is 4. The number of hydrogen-bond acceptors (Lipinski definition) is 5. The van der Waals surface area contributed by atoms with Crippen molar-refractivity contribution in [1.29, 1.82) is 0 Å². The van der Waals surface area contributed by atoms with Gasteiger partial charge in [-0.05, 0) is 50.3 Å². The van der Waals surface area contributed by atoms with Crippen LogP contribution in [0.25, 0.3) is 0 Å². The van der Waals surface area contributed by atoms with Crippen LogP contribution < -0.4 is 15.4 Å². The van der Waals surface area contributed by atoms with Gasteiger partial charge in [0.1, 0.15) is 23.2 Å². The van der Waals surface area contributed by atoms with Crippen molar-refractivity contribution in [1.82, 2.24) is 10.2 Å². The number of carboxylic acids is 1. The minimum absolute atomic E-state index is 0.237. The lowest BCUT2D eigenvalue weighted by Gasteiger charge is -2.44. The van der Waals surface area contributed by atoms with Gasteiger partial charge in [-0.1, -0.05) is 0 Å². The van der Waals surface area contributed by atoms with E-state index >= 15 is 0 Å². The van der Waals surface area contributed by atoms with E-state index in [-0.39, 0.29) is 11.3 Å². The molecule has 3 rings (SSSR count). The topological polar surface area (TPSA) is 90.9 Å². The van der Waals surface area contributed by atoms with Crippen molar-refractivity contribution >= 4 is 46.7 Å². The number of fused-ring (bicyclic) bond motifs is 1. The first kappa shape index (κ1) is 17.8. The van der Waals surface area contributed by atoms with Crippen LogP contribution in [0.2, 0.25) is 0 Å². The summed E-state index contributed by atoms with van der Waals surface area (Å²) in [5, 5.41) is 15.5. The number of anilines is 1. The minimum atomic E-state index is -0.981. The van der Waals surface area contributed by atoms with Gasteiger partial charge in [0.25, 0.3) is 0 Å². The molecule has 3 N–H and O–H groups in total. The van der Waals surface area contributed by atoms with E-state index in [2.05, 4.69) is 10.6 Å². The number of thioether (sulfide) groups is 1. The number of aliphatic carboxylic acids is 1. The first-order chi connectivity index (χ1) is 11.7. The van der Waals surface area contributed by atoms with Crippen molar-refractivity contribution in [2.45, 2.75) is 36.1 Å². The molecule has 134 valence electrons. The van der Waals surface area contributed by atoms with Crippen molar-refractivity contribution in [3.8, 4) is 5.75 Å². The van der Waals surface area contributed by atoms with Crippen molar-refractivity contribution in [3.63, 3.8) is 0 Å². The summed E-state index contributed by atoms with van der Waals surface area (Å²) < 4.78 is 4.55. The van der Waals surface area contributed by atoms with Crippen LogP contribution in [0.3, 0.4) is 0 Å². The smallest absolute Gasteiger partial charge is 0.327 e. The second-order valence-electron chi connectivity index (χ2n) is 6.40. The van der Waals surface area contributed by atoms with Gasteiger partial charge in [0.15, 0.2) is 5.11 Å². The molecule has 3 atom stereocenters. The van der Waals surface area contributed by atoms with Gasteiger partial charge in [-0.2, -0.15) is 0 Å². The maximum absolute atomic E-state index is 12.4. The van der Waals surface area contributed by atoms with E-state index in [1.54, 1.807) is 19.2 Å². The number of thiocarbonyl (C=S) groups is 1. The molecule has 0 saturated carbocycles. The fraction of sp³-hybridized carbons (Fsp3) is 0.438. The molecule has 3 unspecified atom stereocenters. The van der Waals surface area contributed by atoms with E-state index < -0.39 is 22.8 Å². The molecule has 9 heteroatoms. The van der Waals surface area contributed by atoms with Gasteiger partial charge in [0.2, 0.25) is 5.91 Å². The molecule has 1 aromatic carbocycles. The van der Waals surface area contributed by atoms with Crippen molar-refractivity contribution < 1.29 is 19.4 Å². The standard InChI is InChI=1S/C16H19N3O4S2/c1-16(2)11(14(21)22)19-12(20)10(13(19)25-16)18-15(24)17-8-4-6-9(23-3)7-5-8/h4-7,10-11,13H,1-3H3,(H,21,22)(H2,17,18,24). The SMILES string of the molecule is COc1ccc(NC(=S)NC2C(=O)N3C2SC(C)(C)C3C(=O)O)cc1. The third kappa shape index (κ3) is 3.13. The summed E-state index contributed by atoms with van der Waals surface area (Å²) in [5.74, 6) is -0.487. The summed E-state index contributed by atoms with van der Waals surface area (Å²) in [6, 6.07) is 5.88. The normalized spacial score (nSPS) is 26.4. The molecule has 2 aliphatic heterocycles. The Bertz CT molecular complexity index is 723. The zero-order valence-electron chi connectivity index (χ0n) is 14.0. The Kier molecular flexibility index (Phi) is 4.54. The molecule has 2 fully saturated rings. The summed E-state index contributed by atoms with van der Waals surface area (Å²) >= 11 is 6.75. The largest absolute Gasteiger partial charge is 0.497 e. The van der Waals surface area contributed by atoms with Crippen molar-refractivity contribution in [2.24, 2.45) is 0 Å². The number of carboxylic acid groups (broad SMARTS) is 1. The number of carbonyl (C=O) groups is 2. The molecule has 2 saturated heterocycles. The lowest BCUT2D eigenvalue weighted by atomic mass is 9.96. The van der Waals surface area contributed by atoms with Gasteiger partial charge in [-0.25, -0.2) is 4.79 Å². The summed E-state index contributed by atoms with van der Waals surface area (Å²) in [7, 11) is 1.59. The predicted octanol–water partition coefficient (Wildman–Crippen LogP) is 1.50. The summed E-state index contributed by atoms with van der Waals surface area (Å²) in [6.07, 6.45) is 0.